The molecular weight excluding hydrogens is 380 g/mol. The number of rotatable bonds is 4. The lowest BCUT2D eigenvalue weighted by Crippen LogP contribution is -2.48. The predicted molar refractivity (Wildman–Crippen MR) is 121 cm³/mol. The maximum Gasteiger partial charge on any atom is 0.195 e. The lowest BCUT2D eigenvalue weighted by atomic mass is 9.87. The second kappa shape index (κ2) is 8.45. The Morgan fingerprint density at radius 2 is 1.86 bits per heavy atom. The number of carbonyl (C=O) groups excluding carboxylic acids is 1. The Morgan fingerprint density at radius 3 is 2.52 bits per heavy atom. The lowest BCUT2D eigenvalue weighted by Gasteiger charge is -2.34. The van der Waals surface area contributed by atoms with Crippen molar-refractivity contribution in [3.63, 3.8) is 0 Å². The van der Waals surface area contributed by atoms with Crippen molar-refractivity contribution in [1.82, 2.24) is 20.0 Å². The van der Waals surface area contributed by atoms with Gasteiger partial charge in [0.2, 0.25) is 0 Å². The third-order valence-corrected chi connectivity index (χ3v) is 6.54. The van der Waals surface area contributed by atoms with Crippen molar-refractivity contribution >= 4 is 32.8 Å². The number of nitrogens with one attached hydrogen (secondary N) is 2. The molecule has 2 aromatic carbocycles. The van der Waals surface area contributed by atoms with Gasteiger partial charge in [-0.05, 0) is 58.1 Å². The molecule has 0 amide bonds. The first-order valence-electron chi connectivity index (χ1n) is 9.89. The Labute approximate surface area is 174 Å². The van der Waals surface area contributed by atoms with E-state index in [1.807, 2.05) is 38.4 Å². The van der Waals surface area contributed by atoms with E-state index in [0.717, 1.165) is 44.8 Å². The van der Waals surface area contributed by atoms with Crippen molar-refractivity contribution in [2.24, 2.45) is 0 Å². The van der Waals surface area contributed by atoms with E-state index in [0.29, 0.717) is 5.56 Å². The summed E-state index contributed by atoms with van der Waals surface area (Å²) in [5.41, 5.74) is 5.12. The van der Waals surface area contributed by atoms with Gasteiger partial charge >= 0.3 is 0 Å². The summed E-state index contributed by atoms with van der Waals surface area (Å²) >= 11 is 1.60. The summed E-state index contributed by atoms with van der Waals surface area (Å²) in [6.07, 6.45) is 5.53. The minimum Gasteiger partial charge on any atom is -0.317 e. The van der Waals surface area contributed by atoms with Gasteiger partial charge in [0, 0.05) is 29.4 Å². The second-order valence-electron chi connectivity index (χ2n) is 7.54. The van der Waals surface area contributed by atoms with Crippen LogP contribution in [0.2, 0.25) is 0 Å². The molecule has 0 spiro atoms. The fraction of sp³-hybridized carbons (Fsp3) is 0.304. The minimum atomic E-state index is 0.700. The van der Waals surface area contributed by atoms with Crippen LogP contribution < -0.4 is 10.6 Å². The van der Waals surface area contributed by atoms with Crippen LogP contribution in [0.4, 0.5) is 0 Å². The van der Waals surface area contributed by atoms with Gasteiger partial charge in [0.25, 0.3) is 0 Å². The molecule has 2 N–H and O–H groups in total. The zero-order valence-corrected chi connectivity index (χ0v) is 17.8. The topological polar surface area (TPSA) is 58.4 Å². The number of benzene rings is 2. The number of aldehydes is 1. The monoisotopic (exact) mass is 406 g/mol. The molecule has 1 fully saturated rings. The van der Waals surface area contributed by atoms with Crippen LogP contribution in [0.3, 0.4) is 0 Å². The van der Waals surface area contributed by atoms with Crippen LogP contribution in [0, 0.1) is 6.92 Å². The van der Waals surface area contributed by atoms with Crippen molar-refractivity contribution in [3.8, 4) is 11.3 Å². The molecule has 150 valence electrons. The number of hydrogen-bond acceptors (Lipinski definition) is 5. The number of fused-ring (bicyclic) bond motifs is 3. The number of aryl methyl sites for hydroxylation is 1. The van der Waals surface area contributed by atoms with Crippen LogP contribution in [0.1, 0.15) is 28.8 Å². The lowest BCUT2D eigenvalue weighted by molar-refractivity contribution is 0.112. The number of aromatic nitrogens is 2. The van der Waals surface area contributed by atoms with Gasteiger partial charge < -0.3 is 10.6 Å². The van der Waals surface area contributed by atoms with E-state index in [4.69, 9.17) is 4.98 Å². The van der Waals surface area contributed by atoms with Crippen molar-refractivity contribution in [2.45, 2.75) is 31.8 Å². The number of imidazole rings is 1. The molecule has 29 heavy (non-hydrogen) atoms. The largest absolute Gasteiger partial charge is 0.317 e. The molecule has 1 aliphatic carbocycles. The summed E-state index contributed by atoms with van der Waals surface area (Å²) in [5, 5.41) is 6.45. The van der Waals surface area contributed by atoms with Crippen molar-refractivity contribution in [2.75, 3.05) is 14.1 Å². The molecule has 6 heteroatoms. The smallest absolute Gasteiger partial charge is 0.195 e. The van der Waals surface area contributed by atoms with E-state index in [2.05, 4.69) is 46.4 Å². The zero-order chi connectivity index (χ0) is 20.4. The Bertz CT molecular complexity index is 1130. The molecule has 0 radical (unpaired) electrons. The summed E-state index contributed by atoms with van der Waals surface area (Å²) in [6, 6.07) is 15.6. The Balaban J connectivity index is 0.000000216. The van der Waals surface area contributed by atoms with Crippen LogP contribution >= 0.6 is 11.3 Å². The van der Waals surface area contributed by atoms with Gasteiger partial charge in [-0.15, -0.1) is 0 Å². The highest BCUT2D eigenvalue weighted by Gasteiger charge is 2.25. The molecule has 2 aromatic heterocycles. The maximum atomic E-state index is 10.9. The number of hydrogen-bond donors (Lipinski definition) is 2. The zero-order valence-electron chi connectivity index (χ0n) is 17.0. The summed E-state index contributed by atoms with van der Waals surface area (Å²) in [6.45, 7) is 2.08. The van der Waals surface area contributed by atoms with Crippen molar-refractivity contribution < 1.29 is 4.79 Å². The van der Waals surface area contributed by atoms with Crippen LogP contribution in [0.5, 0.6) is 0 Å². The molecule has 0 atom stereocenters. The molecule has 0 bridgehead atoms. The third kappa shape index (κ3) is 4.10. The second-order valence-corrected chi connectivity index (χ2v) is 8.55. The average Bonchev–Trinajstić information content (AvgIpc) is 3.25. The highest BCUT2D eigenvalue weighted by atomic mass is 32.1. The SMILES string of the molecule is CNC1CC(NC)C1.Cc1cccc(-c2cn3c(n2)sc2cc(C=O)ccc23)c1. The summed E-state index contributed by atoms with van der Waals surface area (Å²) in [7, 11) is 4.05. The van der Waals surface area contributed by atoms with Gasteiger partial charge in [0.05, 0.1) is 15.9 Å². The maximum absolute atomic E-state index is 10.9. The quantitative estimate of drug-likeness (QED) is 0.496. The van der Waals surface area contributed by atoms with Gasteiger partial charge in [-0.1, -0.05) is 35.1 Å². The molecule has 2 heterocycles. The van der Waals surface area contributed by atoms with E-state index >= 15 is 0 Å². The first kappa shape index (κ1) is 19.8. The van der Waals surface area contributed by atoms with Crippen molar-refractivity contribution in [3.05, 3.63) is 59.8 Å². The normalized spacial score (nSPS) is 18.3. The predicted octanol–water partition coefficient (Wildman–Crippen LogP) is 4.29. The Hall–Kier alpha value is -2.54. The Kier molecular flexibility index (Phi) is 5.76. The fourth-order valence-corrected chi connectivity index (χ4v) is 4.68. The first-order valence-corrected chi connectivity index (χ1v) is 10.7. The molecule has 0 saturated heterocycles. The molecule has 1 aliphatic rings. The fourth-order valence-electron chi connectivity index (χ4n) is 3.62. The van der Waals surface area contributed by atoms with E-state index in [1.54, 1.807) is 11.3 Å². The highest BCUT2D eigenvalue weighted by molar-refractivity contribution is 7.23. The van der Waals surface area contributed by atoms with Gasteiger partial charge in [0.15, 0.2) is 4.96 Å². The molecular formula is C23H26N4OS. The van der Waals surface area contributed by atoms with Crippen LogP contribution in [-0.2, 0) is 0 Å². The van der Waals surface area contributed by atoms with Gasteiger partial charge in [0.1, 0.15) is 6.29 Å². The van der Waals surface area contributed by atoms with Crippen LogP contribution in [0.15, 0.2) is 48.7 Å². The van der Waals surface area contributed by atoms with E-state index in [9.17, 15) is 4.79 Å². The minimum absolute atomic E-state index is 0.700. The molecule has 0 unspecified atom stereocenters. The number of nitrogens with zero attached hydrogens (tertiary/aromatic N) is 2. The Morgan fingerprint density at radius 1 is 1.10 bits per heavy atom. The highest BCUT2D eigenvalue weighted by Crippen LogP contribution is 2.30. The van der Waals surface area contributed by atoms with Gasteiger partial charge in [-0.3, -0.25) is 9.20 Å². The number of carbonyl (C=O) groups is 1. The van der Waals surface area contributed by atoms with E-state index < -0.39 is 0 Å². The number of thiazole rings is 1. The third-order valence-electron chi connectivity index (χ3n) is 5.52. The molecule has 0 aliphatic heterocycles. The molecule has 1 saturated carbocycles. The standard InChI is InChI=1S/C17H12N2OS.C6H14N2/c1-11-3-2-4-13(7-11)14-9-19-15-6-5-12(10-20)8-16(15)21-17(19)18-14;1-7-5-3-6(4-5)8-2/h2-10H,1H3;5-8H,3-4H2,1-2H3. The van der Waals surface area contributed by atoms with E-state index in [-0.39, 0.29) is 0 Å². The molecule has 5 rings (SSSR count). The summed E-state index contributed by atoms with van der Waals surface area (Å²) in [4.78, 5) is 16.5. The molecule has 4 aromatic rings. The summed E-state index contributed by atoms with van der Waals surface area (Å²) < 4.78 is 3.17. The van der Waals surface area contributed by atoms with Gasteiger partial charge in [-0.25, -0.2) is 4.98 Å². The van der Waals surface area contributed by atoms with Crippen LogP contribution in [-0.4, -0.2) is 41.8 Å². The first-order chi connectivity index (χ1) is 14.1. The van der Waals surface area contributed by atoms with Crippen molar-refractivity contribution in [1.29, 1.82) is 0 Å². The van der Waals surface area contributed by atoms with Crippen LogP contribution in [0.25, 0.3) is 26.4 Å². The van der Waals surface area contributed by atoms with E-state index in [1.165, 1.54) is 18.4 Å². The van der Waals surface area contributed by atoms with Gasteiger partial charge in [-0.2, -0.15) is 0 Å². The average molecular weight is 407 g/mol. The molecule has 5 nitrogen and oxygen atoms in total. The summed E-state index contributed by atoms with van der Waals surface area (Å²) in [5.74, 6) is 0.